The van der Waals surface area contributed by atoms with Gasteiger partial charge in [-0.2, -0.15) is 0 Å². The molecule has 1 N–H and O–H groups in total. The summed E-state index contributed by atoms with van der Waals surface area (Å²) in [6.07, 6.45) is 1.33. The van der Waals surface area contributed by atoms with Crippen LogP contribution < -0.4 is 4.72 Å². The van der Waals surface area contributed by atoms with Gasteiger partial charge in [0.25, 0.3) is 5.91 Å². The Morgan fingerprint density at radius 3 is 2.77 bits per heavy atom. The maximum atomic E-state index is 11.9. The number of furan rings is 1. The van der Waals surface area contributed by atoms with Gasteiger partial charge in [0.05, 0.1) is 5.75 Å². The van der Waals surface area contributed by atoms with Crippen molar-refractivity contribution in [3.8, 4) is 0 Å². The molecule has 0 aliphatic rings. The van der Waals surface area contributed by atoms with E-state index < -0.39 is 21.7 Å². The number of methoxy groups -OCH3 is 1. The molecule has 0 unspecified atom stereocenters. The number of hydrogen-bond acceptors (Lipinski definition) is 6. The zero-order valence-electron chi connectivity index (χ0n) is 11.6. The average molecular weight is 345 g/mol. The van der Waals surface area contributed by atoms with E-state index in [9.17, 15) is 13.2 Å². The van der Waals surface area contributed by atoms with Crippen LogP contribution in [0.1, 0.15) is 21.9 Å². The number of carbonyl (C=O) groups is 1. The second kappa shape index (κ2) is 6.91. The molecular formula is C13H13ClN2O5S. The molecule has 2 heterocycles. The van der Waals surface area contributed by atoms with Gasteiger partial charge in [-0.3, -0.25) is 4.79 Å². The van der Waals surface area contributed by atoms with Crippen LogP contribution in [-0.2, 0) is 27.1 Å². The molecule has 0 bridgehead atoms. The molecule has 7 nitrogen and oxygen atoms in total. The molecule has 2 aromatic heterocycles. The minimum atomic E-state index is -3.87. The van der Waals surface area contributed by atoms with Crippen molar-refractivity contribution in [2.45, 2.75) is 12.4 Å². The number of pyridine rings is 1. The van der Waals surface area contributed by atoms with Crippen LogP contribution in [0.5, 0.6) is 0 Å². The maximum absolute atomic E-state index is 11.9. The van der Waals surface area contributed by atoms with Crippen LogP contribution in [0.25, 0.3) is 0 Å². The van der Waals surface area contributed by atoms with Crippen molar-refractivity contribution < 1.29 is 22.4 Å². The SMILES string of the molecule is COCc1ccc(C(=O)NS(=O)(=O)Cc2ccc(Cl)nc2)o1. The van der Waals surface area contributed by atoms with E-state index in [0.717, 1.165) is 0 Å². The Balaban J connectivity index is 2.03. The first-order chi connectivity index (χ1) is 10.4. The number of halogens is 1. The summed E-state index contributed by atoms with van der Waals surface area (Å²) < 4.78 is 35.8. The minimum absolute atomic E-state index is 0.107. The van der Waals surface area contributed by atoms with Gasteiger partial charge >= 0.3 is 0 Å². The minimum Gasteiger partial charge on any atom is -0.453 e. The number of nitrogens with zero attached hydrogens (tertiary/aromatic N) is 1. The summed E-state index contributed by atoms with van der Waals surface area (Å²) in [5.41, 5.74) is 0.407. The Kier molecular flexibility index (Phi) is 5.17. The van der Waals surface area contributed by atoms with Crippen LogP contribution in [0.15, 0.2) is 34.9 Å². The highest BCUT2D eigenvalue weighted by atomic mass is 35.5. The fourth-order valence-electron chi connectivity index (χ4n) is 1.66. The fourth-order valence-corrected chi connectivity index (χ4v) is 2.84. The molecular weight excluding hydrogens is 332 g/mol. The van der Waals surface area contributed by atoms with Crippen LogP contribution in [0.3, 0.4) is 0 Å². The van der Waals surface area contributed by atoms with Crippen LogP contribution >= 0.6 is 11.6 Å². The van der Waals surface area contributed by atoms with Gasteiger partial charge in [-0.25, -0.2) is 18.1 Å². The maximum Gasteiger partial charge on any atom is 0.300 e. The van der Waals surface area contributed by atoms with Crippen LogP contribution in [0, 0.1) is 0 Å². The van der Waals surface area contributed by atoms with Crippen molar-refractivity contribution in [3.63, 3.8) is 0 Å². The number of rotatable bonds is 6. The number of amides is 1. The molecule has 0 aliphatic carbocycles. The highest BCUT2D eigenvalue weighted by molar-refractivity contribution is 7.89. The van der Waals surface area contributed by atoms with Gasteiger partial charge < -0.3 is 9.15 Å². The molecule has 9 heteroatoms. The van der Waals surface area contributed by atoms with E-state index in [4.69, 9.17) is 20.8 Å². The average Bonchev–Trinajstić information content (AvgIpc) is 2.90. The normalized spacial score (nSPS) is 11.4. The van der Waals surface area contributed by atoms with Crippen molar-refractivity contribution in [2.24, 2.45) is 0 Å². The van der Waals surface area contributed by atoms with E-state index in [1.807, 2.05) is 4.72 Å². The summed E-state index contributed by atoms with van der Waals surface area (Å²) in [4.78, 5) is 15.6. The molecule has 0 saturated heterocycles. The Bertz CT molecular complexity index is 755. The lowest BCUT2D eigenvalue weighted by Gasteiger charge is -2.05. The van der Waals surface area contributed by atoms with Gasteiger partial charge in [0.1, 0.15) is 17.5 Å². The summed E-state index contributed by atoms with van der Waals surface area (Å²) in [6, 6.07) is 5.90. The van der Waals surface area contributed by atoms with Crippen molar-refractivity contribution in [1.29, 1.82) is 0 Å². The van der Waals surface area contributed by atoms with Crippen LogP contribution in [-0.4, -0.2) is 26.4 Å². The van der Waals surface area contributed by atoms with E-state index >= 15 is 0 Å². The van der Waals surface area contributed by atoms with E-state index in [1.165, 1.54) is 37.6 Å². The van der Waals surface area contributed by atoms with Crippen molar-refractivity contribution in [3.05, 3.63) is 52.7 Å². The topological polar surface area (TPSA) is 98.5 Å². The summed E-state index contributed by atoms with van der Waals surface area (Å²) in [6.45, 7) is 0.191. The zero-order chi connectivity index (χ0) is 16.2. The molecule has 118 valence electrons. The van der Waals surface area contributed by atoms with Gasteiger partial charge in [0.2, 0.25) is 10.0 Å². The molecule has 0 atom stereocenters. The lowest BCUT2D eigenvalue weighted by Crippen LogP contribution is -2.31. The summed E-state index contributed by atoms with van der Waals surface area (Å²) >= 11 is 5.62. The standard InChI is InChI=1S/C13H13ClN2O5S/c1-20-7-10-3-4-11(21-10)13(17)16-22(18,19)8-9-2-5-12(14)15-6-9/h2-6H,7-8H2,1H3,(H,16,17). The predicted octanol–water partition coefficient (Wildman–Crippen LogP) is 1.73. The Morgan fingerprint density at radius 2 is 2.14 bits per heavy atom. The van der Waals surface area contributed by atoms with Gasteiger partial charge in [-0.1, -0.05) is 17.7 Å². The summed E-state index contributed by atoms with van der Waals surface area (Å²) in [7, 11) is -2.39. The fraction of sp³-hybridized carbons (Fsp3) is 0.231. The van der Waals surface area contributed by atoms with Gasteiger partial charge in [-0.15, -0.1) is 0 Å². The van der Waals surface area contributed by atoms with Crippen LogP contribution in [0.2, 0.25) is 5.15 Å². The molecule has 0 fully saturated rings. The van der Waals surface area contributed by atoms with E-state index in [2.05, 4.69) is 4.98 Å². The number of hydrogen-bond donors (Lipinski definition) is 1. The van der Waals surface area contributed by atoms with Crippen molar-refractivity contribution in [2.75, 3.05) is 7.11 Å². The third-order valence-corrected chi connectivity index (χ3v) is 4.00. The third kappa shape index (κ3) is 4.55. The number of ether oxygens (including phenoxy) is 1. The first-order valence-corrected chi connectivity index (χ1v) is 8.15. The largest absolute Gasteiger partial charge is 0.453 e. The number of carbonyl (C=O) groups excluding carboxylic acids is 1. The molecule has 0 radical (unpaired) electrons. The molecule has 2 rings (SSSR count). The predicted molar refractivity (Wildman–Crippen MR) is 78.8 cm³/mol. The highest BCUT2D eigenvalue weighted by Gasteiger charge is 2.19. The van der Waals surface area contributed by atoms with E-state index in [-0.39, 0.29) is 17.5 Å². The molecule has 1 amide bonds. The quantitative estimate of drug-likeness (QED) is 0.801. The third-order valence-electron chi connectivity index (χ3n) is 2.57. The number of aromatic nitrogens is 1. The summed E-state index contributed by atoms with van der Waals surface area (Å²) in [5.74, 6) is -0.921. The number of sulfonamides is 1. The van der Waals surface area contributed by atoms with E-state index in [1.54, 1.807) is 0 Å². The highest BCUT2D eigenvalue weighted by Crippen LogP contribution is 2.11. The van der Waals surface area contributed by atoms with Gasteiger partial charge in [0.15, 0.2) is 5.76 Å². The first kappa shape index (κ1) is 16.5. The first-order valence-electron chi connectivity index (χ1n) is 6.12. The molecule has 0 aliphatic heterocycles. The number of nitrogens with one attached hydrogen (secondary N) is 1. The zero-order valence-corrected chi connectivity index (χ0v) is 13.1. The molecule has 0 aromatic carbocycles. The summed E-state index contributed by atoms with van der Waals surface area (Å²) in [5, 5.41) is 0.256. The molecule has 2 aromatic rings. The Labute approximate surface area is 132 Å². The van der Waals surface area contributed by atoms with Crippen molar-refractivity contribution in [1.82, 2.24) is 9.71 Å². The lowest BCUT2D eigenvalue weighted by atomic mass is 10.3. The smallest absolute Gasteiger partial charge is 0.300 e. The monoisotopic (exact) mass is 344 g/mol. The second-order valence-electron chi connectivity index (χ2n) is 4.38. The van der Waals surface area contributed by atoms with Crippen LogP contribution in [0.4, 0.5) is 0 Å². The lowest BCUT2D eigenvalue weighted by molar-refractivity contribution is 0.0945. The van der Waals surface area contributed by atoms with Gasteiger partial charge in [0, 0.05) is 13.3 Å². The van der Waals surface area contributed by atoms with Gasteiger partial charge in [-0.05, 0) is 23.8 Å². The Hall–Kier alpha value is -1.90. The van der Waals surface area contributed by atoms with Crippen molar-refractivity contribution >= 4 is 27.5 Å². The molecule has 0 saturated carbocycles. The molecule has 0 spiro atoms. The second-order valence-corrected chi connectivity index (χ2v) is 6.49. The Morgan fingerprint density at radius 1 is 1.36 bits per heavy atom. The molecule has 22 heavy (non-hydrogen) atoms. The van der Waals surface area contributed by atoms with E-state index in [0.29, 0.717) is 11.3 Å².